The number of nitrogens with zero attached hydrogens (tertiary/aromatic N) is 2. The van der Waals surface area contributed by atoms with Gasteiger partial charge in [0.15, 0.2) is 0 Å². The Hall–Kier alpha value is -2.18. The average Bonchev–Trinajstić information content (AvgIpc) is 3.17. The number of hydrogen-bond acceptors (Lipinski definition) is 4. The van der Waals surface area contributed by atoms with Crippen LogP contribution in [0.3, 0.4) is 0 Å². The fourth-order valence-corrected chi connectivity index (χ4v) is 2.08. The molecule has 1 saturated carbocycles. The fourth-order valence-electron chi connectivity index (χ4n) is 2.08. The molecule has 0 spiro atoms. The van der Waals surface area contributed by atoms with Crippen LogP contribution in [-0.2, 0) is 11.3 Å². The van der Waals surface area contributed by atoms with Crippen LogP contribution < -0.4 is 0 Å². The van der Waals surface area contributed by atoms with Crippen LogP contribution in [0.25, 0.3) is 0 Å². The largest absolute Gasteiger partial charge is 0.444 e. The number of nitro benzene ring substituents is 1. The van der Waals surface area contributed by atoms with Gasteiger partial charge in [-0.1, -0.05) is 0 Å². The number of amides is 1. The molecule has 0 N–H and O–H groups in total. The van der Waals surface area contributed by atoms with Gasteiger partial charge in [0.1, 0.15) is 11.4 Å². The molecule has 0 unspecified atom stereocenters. The summed E-state index contributed by atoms with van der Waals surface area (Å²) in [6.07, 6.45) is 1.23. The maximum absolute atomic E-state index is 13.5. The lowest BCUT2D eigenvalue weighted by Gasteiger charge is -2.27. The SMILES string of the molecule is CC(C)(C)OC(=O)N(Cc1cc(F)cc([N+](=O)[O-])c1)C1CC1. The molecule has 120 valence electrons. The van der Waals surface area contributed by atoms with Gasteiger partial charge in [0.25, 0.3) is 5.69 Å². The summed E-state index contributed by atoms with van der Waals surface area (Å²) in [4.78, 5) is 23.9. The van der Waals surface area contributed by atoms with Gasteiger partial charge in [-0.3, -0.25) is 10.1 Å². The minimum absolute atomic E-state index is 0.0529. The van der Waals surface area contributed by atoms with Crippen molar-refractivity contribution in [2.75, 3.05) is 0 Å². The van der Waals surface area contributed by atoms with Crippen molar-refractivity contribution < 1.29 is 18.8 Å². The number of carbonyl (C=O) groups is 1. The second-order valence-electron chi connectivity index (χ2n) is 6.41. The predicted molar refractivity (Wildman–Crippen MR) is 77.9 cm³/mol. The summed E-state index contributed by atoms with van der Waals surface area (Å²) in [5, 5.41) is 10.8. The van der Waals surface area contributed by atoms with Gasteiger partial charge in [0, 0.05) is 18.7 Å². The van der Waals surface area contributed by atoms with E-state index >= 15 is 0 Å². The van der Waals surface area contributed by atoms with Crippen molar-refractivity contribution in [3.8, 4) is 0 Å². The van der Waals surface area contributed by atoms with Crippen LogP contribution in [0.1, 0.15) is 39.2 Å². The maximum Gasteiger partial charge on any atom is 0.410 e. The van der Waals surface area contributed by atoms with Crippen molar-refractivity contribution in [3.63, 3.8) is 0 Å². The van der Waals surface area contributed by atoms with E-state index in [1.807, 2.05) is 0 Å². The first-order valence-corrected chi connectivity index (χ1v) is 7.09. The Kier molecular flexibility index (Phi) is 4.35. The summed E-state index contributed by atoms with van der Waals surface area (Å²) in [7, 11) is 0. The first-order chi connectivity index (χ1) is 10.2. The van der Waals surface area contributed by atoms with Gasteiger partial charge in [-0.05, 0) is 45.2 Å². The molecule has 22 heavy (non-hydrogen) atoms. The zero-order chi connectivity index (χ0) is 16.5. The summed E-state index contributed by atoms with van der Waals surface area (Å²) in [6, 6.07) is 3.39. The number of hydrogen-bond donors (Lipinski definition) is 0. The lowest BCUT2D eigenvalue weighted by Crippen LogP contribution is -2.37. The quantitative estimate of drug-likeness (QED) is 0.628. The van der Waals surface area contributed by atoms with Crippen molar-refractivity contribution in [3.05, 3.63) is 39.7 Å². The molecule has 7 heteroatoms. The first-order valence-electron chi connectivity index (χ1n) is 7.09. The second kappa shape index (κ2) is 5.90. The highest BCUT2D eigenvalue weighted by molar-refractivity contribution is 5.69. The standard InChI is InChI=1S/C15H19FN2O4/c1-15(2,3)22-14(19)17(12-4-5-12)9-10-6-11(16)8-13(7-10)18(20)21/h6-8,12H,4-5,9H2,1-3H3. The Bertz CT molecular complexity index is 594. The van der Waals surface area contributed by atoms with E-state index in [0.29, 0.717) is 5.56 Å². The first kappa shape index (κ1) is 16.2. The van der Waals surface area contributed by atoms with Crippen molar-refractivity contribution in [2.45, 2.75) is 51.8 Å². The summed E-state index contributed by atoms with van der Waals surface area (Å²) in [6.45, 7) is 5.40. The van der Waals surface area contributed by atoms with Gasteiger partial charge in [0.2, 0.25) is 0 Å². The lowest BCUT2D eigenvalue weighted by molar-refractivity contribution is -0.385. The molecular formula is C15H19FN2O4. The van der Waals surface area contributed by atoms with Crippen molar-refractivity contribution >= 4 is 11.8 Å². The van der Waals surface area contributed by atoms with E-state index in [-0.39, 0.29) is 18.3 Å². The van der Waals surface area contributed by atoms with E-state index < -0.39 is 22.4 Å². The molecule has 0 radical (unpaired) electrons. The van der Waals surface area contributed by atoms with Gasteiger partial charge in [-0.25, -0.2) is 9.18 Å². The normalized spacial score (nSPS) is 14.5. The average molecular weight is 310 g/mol. The van der Waals surface area contributed by atoms with Gasteiger partial charge in [0.05, 0.1) is 11.0 Å². The topological polar surface area (TPSA) is 72.7 Å². The number of halogens is 1. The molecule has 0 aromatic heterocycles. The molecule has 1 fully saturated rings. The van der Waals surface area contributed by atoms with E-state index in [1.54, 1.807) is 20.8 Å². The van der Waals surface area contributed by atoms with Crippen LogP contribution in [0, 0.1) is 15.9 Å². The predicted octanol–water partition coefficient (Wildman–Crippen LogP) is 3.63. The number of non-ortho nitro benzene ring substituents is 1. The van der Waals surface area contributed by atoms with Crippen LogP contribution in [0.4, 0.5) is 14.9 Å². The van der Waals surface area contributed by atoms with Crippen LogP contribution in [0.5, 0.6) is 0 Å². The highest BCUT2D eigenvalue weighted by Crippen LogP contribution is 2.30. The Morgan fingerprint density at radius 3 is 2.55 bits per heavy atom. The number of nitro groups is 1. The molecule has 1 aliphatic rings. The van der Waals surface area contributed by atoms with Gasteiger partial charge in [-0.15, -0.1) is 0 Å². The molecule has 1 aromatic rings. The number of rotatable bonds is 4. The number of carbonyl (C=O) groups excluding carboxylic acids is 1. The lowest BCUT2D eigenvalue weighted by atomic mass is 10.1. The summed E-state index contributed by atoms with van der Waals surface area (Å²) >= 11 is 0. The van der Waals surface area contributed by atoms with E-state index in [1.165, 1.54) is 17.0 Å². The summed E-state index contributed by atoms with van der Waals surface area (Å²) in [5.74, 6) is -0.691. The molecule has 0 saturated heterocycles. The van der Waals surface area contributed by atoms with E-state index in [9.17, 15) is 19.3 Å². The Morgan fingerprint density at radius 2 is 2.05 bits per heavy atom. The smallest absolute Gasteiger partial charge is 0.410 e. The summed E-state index contributed by atoms with van der Waals surface area (Å²) in [5.41, 5.74) is -0.572. The highest BCUT2D eigenvalue weighted by Gasteiger charge is 2.35. The molecule has 0 atom stereocenters. The van der Waals surface area contributed by atoms with Crippen LogP contribution in [-0.4, -0.2) is 27.6 Å². The fraction of sp³-hybridized carbons (Fsp3) is 0.533. The van der Waals surface area contributed by atoms with E-state index in [4.69, 9.17) is 4.74 Å². The molecular weight excluding hydrogens is 291 g/mol. The molecule has 2 rings (SSSR count). The molecule has 0 heterocycles. The Balaban J connectivity index is 2.18. The minimum Gasteiger partial charge on any atom is -0.444 e. The molecule has 1 aromatic carbocycles. The van der Waals surface area contributed by atoms with Crippen LogP contribution in [0.15, 0.2) is 18.2 Å². The zero-order valence-corrected chi connectivity index (χ0v) is 12.8. The highest BCUT2D eigenvalue weighted by atomic mass is 19.1. The van der Waals surface area contributed by atoms with Crippen molar-refractivity contribution in [1.29, 1.82) is 0 Å². The molecule has 0 bridgehead atoms. The third-order valence-electron chi connectivity index (χ3n) is 3.12. The molecule has 1 aliphatic carbocycles. The number of ether oxygens (including phenoxy) is 1. The molecule has 0 aliphatic heterocycles. The molecule has 1 amide bonds. The maximum atomic E-state index is 13.5. The monoisotopic (exact) mass is 310 g/mol. The summed E-state index contributed by atoms with van der Waals surface area (Å²) < 4.78 is 18.8. The van der Waals surface area contributed by atoms with Crippen molar-refractivity contribution in [1.82, 2.24) is 4.90 Å². The minimum atomic E-state index is -0.691. The van der Waals surface area contributed by atoms with E-state index in [0.717, 1.165) is 18.9 Å². The third kappa shape index (κ3) is 4.41. The Morgan fingerprint density at radius 1 is 1.41 bits per heavy atom. The van der Waals surface area contributed by atoms with Gasteiger partial charge < -0.3 is 9.64 Å². The number of benzene rings is 1. The van der Waals surface area contributed by atoms with Crippen LogP contribution in [0.2, 0.25) is 0 Å². The van der Waals surface area contributed by atoms with Gasteiger partial charge in [-0.2, -0.15) is 0 Å². The van der Waals surface area contributed by atoms with Crippen LogP contribution >= 0.6 is 0 Å². The third-order valence-corrected chi connectivity index (χ3v) is 3.12. The Labute approximate surface area is 128 Å². The second-order valence-corrected chi connectivity index (χ2v) is 6.41. The molecule has 6 nitrogen and oxygen atoms in total. The van der Waals surface area contributed by atoms with Crippen molar-refractivity contribution in [2.24, 2.45) is 0 Å². The zero-order valence-electron chi connectivity index (χ0n) is 12.8. The van der Waals surface area contributed by atoms with E-state index in [2.05, 4.69) is 0 Å². The van der Waals surface area contributed by atoms with Gasteiger partial charge >= 0.3 is 6.09 Å².